The van der Waals surface area contributed by atoms with Crippen molar-refractivity contribution in [2.24, 2.45) is 0 Å². The predicted octanol–water partition coefficient (Wildman–Crippen LogP) is 4.56. The van der Waals surface area contributed by atoms with Crippen LogP contribution in [-0.4, -0.2) is 23.0 Å². The van der Waals surface area contributed by atoms with E-state index < -0.39 is 12.2 Å². The van der Waals surface area contributed by atoms with Gasteiger partial charge in [0.15, 0.2) is 11.5 Å². The maximum atomic E-state index is 12.5. The van der Waals surface area contributed by atoms with Crippen LogP contribution in [0.2, 0.25) is 5.02 Å². The van der Waals surface area contributed by atoms with Gasteiger partial charge in [-0.15, -0.1) is 0 Å². The van der Waals surface area contributed by atoms with E-state index in [0.29, 0.717) is 18.8 Å². The van der Waals surface area contributed by atoms with Crippen LogP contribution in [0.15, 0.2) is 59.5 Å². The van der Waals surface area contributed by atoms with Gasteiger partial charge in [0.25, 0.3) is 5.56 Å². The van der Waals surface area contributed by atoms with E-state index in [9.17, 15) is 13.6 Å². The lowest BCUT2D eigenvalue weighted by Gasteiger charge is -2.14. The third-order valence-corrected chi connectivity index (χ3v) is 4.53. The predicted molar refractivity (Wildman–Crippen MR) is 111 cm³/mol. The molecule has 0 aliphatic carbocycles. The number of nitrogens with one attached hydrogen (secondary N) is 1. The summed E-state index contributed by atoms with van der Waals surface area (Å²) in [6.45, 7) is -0.319. The molecule has 0 saturated carbocycles. The van der Waals surface area contributed by atoms with Crippen molar-refractivity contribution in [3.8, 4) is 11.5 Å². The highest BCUT2D eigenvalue weighted by molar-refractivity contribution is 6.32. The molecule has 1 heterocycles. The van der Waals surface area contributed by atoms with Gasteiger partial charge < -0.3 is 14.8 Å². The van der Waals surface area contributed by atoms with Crippen LogP contribution >= 0.6 is 11.6 Å². The topological polar surface area (TPSA) is 65.4 Å². The van der Waals surface area contributed by atoms with Crippen LogP contribution < -0.4 is 20.3 Å². The molecule has 1 aromatic heterocycles. The first-order valence-corrected chi connectivity index (χ1v) is 9.59. The van der Waals surface area contributed by atoms with Crippen LogP contribution in [0.4, 0.5) is 14.5 Å². The van der Waals surface area contributed by atoms with Crippen molar-refractivity contribution < 1.29 is 18.3 Å². The van der Waals surface area contributed by atoms with Crippen molar-refractivity contribution in [1.29, 1.82) is 0 Å². The Morgan fingerprint density at radius 2 is 1.90 bits per heavy atom. The van der Waals surface area contributed by atoms with E-state index >= 15 is 0 Å². The molecule has 9 heteroatoms. The summed E-state index contributed by atoms with van der Waals surface area (Å²) >= 11 is 6.23. The van der Waals surface area contributed by atoms with Crippen LogP contribution in [0.1, 0.15) is 18.1 Å². The Bertz CT molecular complexity index is 1050. The highest BCUT2D eigenvalue weighted by atomic mass is 35.5. The molecular formula is C21H20ClF2N3O3. The number of benzene rings is 2. The standard InChI is InChI=1S/C21H20ClF2N3O3/c1-2-29-18-10-15(8-9-17(18)30-21(23)24)11-25-16-12-26-27(20(28)19(16)22)13-14-6-4-3-5-7-14/h3-10,12,21,25H,2,11,13H2,1H3. The molecular weight excluding hydrogens is 416 g/mol. The highest BCUT2D eigenvalue weighted by Crippen LogP contribution is 2.30. The van der Waals surface area contributed by atoms with Gasteiger partial charge in [-0.2, -0.15) is 13.9 Å². The lowest BCUT2D eigenvalue weighted by molar-refractivity contribution is -0.0514. The molecule has 3 aromatic rings. The average molecular weight is 436 g/mol. The van der Waals surface area contributed by atoms with Gasteiger partial charge in [0, 0.05) is 6.54 Å². The van der Waals surface area contributed by atoms with E-state index in [-0.39, 0.29) is 23.1 Å². The fourth-order valence-corrected chi connectivity index (χ4v) is 2.99. The fraction of sp³-hybridized carbons (Fsp3) is 0.238. The molecule has 6 nitrogen and oxygen atoms in total. The van der Waals surface area contributed by atoms with Gasteiger partial charge in [-0.05, 0) is 30.2 Å². The minimum absolute atomic E-state index is 0.0172. The molecule has 0 radical (unpaired) electrons. The zero-order valence-corrected chi connectivity index (χ0v) is 16.9. The van der Waals surface area contributed by atoms with Crippen molar-refractivity contribution in [3.63, 3.8) is 0 Å². The number of hydrogen-bond donors (Lipinski definition) is 1. The number of halogens is 3. The molecule has 30 heavy (non-hydrogen) atoms. The largest absolute Gasteiger partial charge is 0.490 e. The molecule has 0 spiro atoms. The average Bonchev–Trinajstić information content (AvgIpc) is 2.73. The van der Waals surface area contributed by atoms with Crippen molar-refractivity contribution in [2.75, 3.05) is 11.9 Å². The second kappa shape index (κ2) is 10.1. The van der Waals surface area contributed by atoms with Crippen molar-refractivity contribution in [1.82, 2.24) is 9.78 Å². The fourth-order valence-electron chi connectivity index (χ4n) is 2.78. The lowest BCUT2D eigenvalue weighted by atomic mass is 10.2. The molecule has 0 aliphatic rings. The number of hydrogen-bond acceptors (Lipinski definition) is 5. The molecule has 0 amide bonds. The highest BCUT2D eigenvalue weighted by Gasteiger charge is 2.13. The Morgan fingerprint density at radius 1 is 1.13 bits per heavy atom. The zero-order valence-electron chi connectivity index (χ0n) is 16.1. The lowest BCUT2D eigenvalue weighted by Crippen LogP contribution is -2.24. The maximum absolute atomic E-state index is 12.5. The molecule has 0 unspecified atom stereocenters. The number of aromatic nitrogens is 2. The van der Waals surface area contributed by atoms with Crippen LogP contribution in [0, 0.1) is 0 Å². The molecule has 0 saturated heterocycles. The molecule has 3 rings (SSSR count). The second-order valence-electron chi connectivity index (χ2n) is 6.27. The first kappa shape index (κ1) is 21.6. The quantitative estimate of drug-likeness (QED) is 0.534. The smallest absolute Gasteiger partial charge is 0.387 e. The summed E-state index contributed by atoms with van der Waals surface area (Å²) in [5, 5.41) is 7.23. The Balaban J connectivity index is 1.73. The molecule has 2 aromatic carbocycles. The third kappa shape index (κ3) is 5.48. The number of nitrogens with zero attached hydrogens (tertiary/aromatic N) is 2. The summed E-state index contributed by atoms with van der Waals surface area (Å²) in [6.07, 6.45) is 1.48. The van der Waals surface area contributed by atoms with Gasteiger partial charge in [0.2, 0.25) is 0 Å². The zero-order chi connectivity index (χ0) is 21.5. The normalized spacial score (nSPS) is 10.8. The van der Waals surface area contributed by atoms with Crippen molar-refractivity contribution in [2.45, 2.75) is 26.6 Å². The summed E-state index contributed by atoms with van der Waals surface area (Å²) < 4.78 is 36.2. The molecule has 0 aliphatic heterocycles. The van der Waals surface area contributed by atoms with E-state index in [1.807, 2.05) is 30.3 Å². The van der Waals surface area contributed by atoms with Gasteiger partial charge >= 0.3 is 6.61 Å². The third-order valence-electron chi connectivity index (χ3n) is 4.17. The summed E-state index contributed by atoms with van der Waals surface area (Å²) in [5.74, 6) is 0.165. The summed E-state index contributed by atoms with van der Waals surface area (Å²) in [4.78, 5) is 12.5. The van der Waals surface area contributed by atoms with Gasteiger partial charge in [0.05, 0.1) is 25.0 Å². The minimum atomic E-state index is -2.94. The van der Waals surface area contributed by atoms with Crippen LogP contribution in [-0.2, 0) is 13.1 Å². The Hall–Kier alpha value is -3.13. The van der Waals surface area contributed by atoms with E-state index in [4.69, 9.17) is 16.3 Å². The Labute approximate surface area is 177 Å². The Kier molecular flexibility index (Phi) is 7.24. The summed E-state index contributed by atoms with van der Waals surface area (Å²) in [5.41, 5.74) is 1.61. The molecule has 158 valence electrons. The number of ether oxygens (including phenoxy) is 2. The van der Waals surface area contributed by atoms with Crippen LogP contribution in [0.3, 0.4) is 0 Å². The molecule has 1 N–H and O–H groups in total. The number of rotatable bonds is 9. The molecule has 0 atom stereocenters. The molecule has 0 bridgehead atoms. The van der Waals surface area contributed by atoms with Crippen molar-refractivity contribution >= 4 is 17.3 Å². The van der Waals surface area contributed by atoms with Gasteiger partial charge in [-0.3, -0.25) is 4.79 Å². The van der Waals surface area contributed by atoms with E-state index in [1.165, 1.54) is 16.9 Å². The van der Waals surface area contributed by atoms with E-state index in [2.05, 4.69) is 15.2 Å². The van der Waals surface area contributed by atoms with Crippen LogP contribution in [0.25, 0.3) is 0 Å². The van der Waals surface area contributed by atoms with Crippen molar-refractivity contribution in [3.05, 3.63) is 81.2 Å². The van der Waals surface area contributed by atoms with E-state index in [0.717, 1.165) is 11.1 Å². The first-order valence-electron chi connectivity index (χ1n) is 9.22. The first-order chi connectivity index (χ1) is 14.5. The minimum Gasteiger partial charge on any atom is -0.490 e. The number of anilines is 1. The monoisotopic (exact) mass is 435 g/mol. The number of alkyl halides is 2. The second-order valence-corrected chi connectivity index (χ2v) is 6.64. The maximum Gasteiger partial charge on any atom is 0.387 e. The van der Waals surface area contributed by atoms with Gasteiger partial charge in [0.1, 0.15) is 5.02 Å². The van der Waals surface area contributed by atoms with E-state index in [1.54, 1.807) is 19.1 Å². The molecule has 0 fully saturated rings. The van der Waals surface area contributed by atoms with Gasteiger partial charge in [-0.1, -0.05) is 48.0 Å². The SMILES string of the molecule is CCOc1cc(CNc2cnn(Cc3ccccc3)c(=O)c2Cl)ccc1OC(F)F. The summed E-state index contributed by atoms with van der Waals surface area (Å²) in [6, 6.07) is 14.1. The Morgan fingerprint density at radius 3 is 2.60 bits per heavy atom. The van der Waals surface area contributed by atoms with Crippen LogP contribution in [0.5, 0.6) is 11.5 Å². The van der Waals surface area contributed by atoms with Gasteiger partial charge in [-0.25, -0.2) is 4.68 Å². The summed E-state index contributed by atoms with van der Waals surface area (Å²) in [7, 11) is 0.